The largest absolute Gasteiger partial charge is 0.493 e. The molecule has 0 bridgehead atoms. The van der Waals surface area contributed by atoms with Crippen LogP contribution in [0.5, 0.6) is 11.5 Å². The average Bonchev–Trinajstić information content (AvgIpc) is 3.24. The molecule has 2 amide bonds. The minimum atomic E-state index is -0.293. The predicted molar refractivity (Wildman–Crippen MR) is 132 cm³/mol. The lowest BCUT2D eigenvalue weighted by Crippen LogP contribution is -2.25. The van der Waals surface area contributed by atoms with Gasteiger partial charge >= 0.3 is 0 Å². The van der Waals surface area contributed by atoms with Gasteiger partial charge in [0.1, 0.15) is 0 Å². The number of hydrogen-bond donors (Lipinski definition) is 2. The second-order valence-corrected chi connectivity index (χ2v) is 8.64. The lowest BCUT2D eigenvalue weighted by Gasteiger charge is -2.11. The number of benzene rings is 2. The van der Waals surface area contributed by atoms with Crippen molar-refractivity contribution in [1.82, 2.24) is 20.1 Å². The third-order valence-corrected chi connectivity index (χ3v) is 6.23. The monoisotopic (exact) mass is 523 g/mol. The van der Waals surface area contributed by atoms with Gasteiger partial charge in [0.25, 0.3) is 5.91 Å². The number of carbonyl (C=O) groups is 2. The third-order valence-electron chi connectivity index (χ3n) is 4.70. The Morgan fingerprint density at radius 1 is 1.06 bits per heavy atom. The number of carbonyl (C=O) groups excluding carboxylic acids is 2. The van der Waals surface area contributed by atoms with E-state index in [-0.39, 0.29) is 24.1 Å². The average molecular weight is 524 g/mol. The molecule has 0 saturated heterocycles. The van der Waals surface area contributed by atoms with Crippen LogP contribution in [0.1, 0.15) is 23.1 Å². The Labute approximate surface area is 211 Å². The number of ether oxygens (including phenoxy) is 2. The fraction of sp³-hybridized carbons (Fsp3) is 0.273. The van der Waals surface area contributed by atoms with Gasteiger partial charge in [-0.2, -0.15) is 0 Å². The topological polar surface area (TPSA) is 107 Å². The van der Waals surface area contributed by atoms with Crippen molar-refractivity contribution >= 4 is 52.5 Å². The number of amides is 2. The molecule has 34 heavy (non-hydrogen) atoms. The van der Waals surface area contributed by atoms with Crippen LogP contribution in [0.25, 0.3) is 0 Å². The number of aromatic nitrogens is 3. The summed E-state index contributed by atoms with van der Waals surface area (Å²) >= 11 is 13.3. The molecule has 0 aliphatic heterocycles. The minimum Gasteiger partial charge on any atom is -0.493 e. The number of methoxy groups -OCH3 is 2. The molecular weight excluding hydrogens is 501 g/mol. The Hall–Kier alpha value is -2.95. The highest BCUT2D eigenvalue weighted by Crippen LogP contribution is 2.28. The third kappa shape index (κ3) is 6.34. The molecule has 0 fully saturated rings. The van der Waals surface area contributed by atoms with E-state index in [2.05, 4.69) is 20.8 Å². The van der Waals surface area contributed by atoms with Crippen LogP contribution in [-0.4, -0.2) is 46.6 Å². The quantitative estimate of drug-likeness (QED) is 0.381. The summed E-state index contributed by atoms with van der Waals surface area (Å²) in [6.07, 6.45) is 0. The highest BCUT2D eigenvalue weighted by Gasteiger charge is 2.16. The zero-order chi connectivity index (χ0) is 24.7. The molecule has 0 aliphatic carbocycles. The van der Waals surface area contributed by atoms with E-state index in [1.54, 1.807) is 36.4 Å². The molecule has 2 N–H and O–H groups in total. The molecule has 0 unspecified atom stereocenters. The number of hydrogen-bond acceptors (Lipinski definition) is 7. The Bertz CT molecular complexity index is 1190. The van der Waals surface area contributed by atoms with Crippen molar-refractivity contribution in [3.8, 4) is 11.5 Å². The minimum absolute atomic E-state index is 0.0962. The van der Waals surface area contributed by atoms with E-state index in [0.717, 1.165) is 0 Å². The van der Waals surface area contributed by atoms with Gasteiger partial charge in [0.2, 0.25) is 5.91 Å². The molecule has 0 atom stereocenters. The van der Waals surface area contributed by atoms with Crippen LogP contribution in [0.2, 0.25) is 10.0 Å². The fourth-order valence-corrected chi connectivity index (χ4v) is 4.18. The van der Waals surface area contributed by atoms with Crippen molar-refractivity contribution in [2.45, 2.75) is 25.2 Å². The Kier molecular flexibility index (Phi) is 9.03. The normalized spacial score (nSPS) is 10.6. The maximum atomic E-state index is 12.6. The van der Waals surface area contributed by atoms with E-state index in [9.17, 15) is 9.59 Å². The summed E-state index contributed by atoms with van der Waals surface area (Å²) in [6.45, 7) is 2.66. The molecule has 0 radical (unpaired) electrons. The first-order chi connectivity index (χ1) is 16.4. The second kappa shape index (κ2) is 12.0. The summed E-state index contributed by atoms with van der Waals surface area (Å²) in [7, 11) is 3.03. The van der Waals surface area contributed by atoms with Gasteiger partial charge in [0.15, 0.2) is 22.5 Å². The summed E-state index contributed by atoms with van der Waals surface area (Å²) in [5.41, 5.74) is 0.862. The highest BCUT2D eigenvalue weighted by atomic mass is 35.5. The summed E-state index contributed by atoms with van der Waals surface area (Å²) in [4.78, 5) is 24.9. The molecule has 0 spiro atoms. The van der Waals surface area contributed by atoms with Gasteiger partial charge in [-0.25, -0.2) is 0 Å². The van der Waals surface area contributed by atoms with Gasteiger partial charge in [-0.3, -0.25) is 9.59 Å². The van der Waals surface area contributed by atoms with Gasteiger partial charge < -0.3 is 24.7 Å². The van der Waals surface area contributed by atoms with Crippen molar-refractivity contribution < 1.29 is 19.1 Å². The first-order valence-corrected chi connectivity index (χ1v) is 11.9. The summed E-state index contributed by atoms with van der Waals surface area (Å²) in [5, 5.41) is 15.3. The van der Waals surface area contributed by atoms with E-state index in [4.69, 9.17) is 32.7 Å². The van der Waals surface area contributed by atoms with Crippen molar-refractivity contribution in [3.05, 3.63) is 57.8 Å². The van der Waals surface area contributed by atoms with Crippen molar-refractivity contribution in [1.29, 1.82) is 0 Å². The van der Waals surface area contributed by atoms with Gasteiger partial charge in [0.05, 0.1) is 37.2 Å². The molecule has 2 aromatic carbocycles. The van der Waals surface area contributed by atoms with Crippen molar-refractivity contribution in [3.63, 3.8) is 0 Å². The fourth-order valence-electron chi connectivity index (χ4n) is 3.02. The number of anilines is 1. The van der Waals surface area contributed by atoms with E-state index < -0.39 is 0 Å². The molecule has 3 rings (SSSR count). The van der Waals surface area contributed by atoms with Gasteiger partial charge in [0, 0.05) is 17.1 Å². The molecule has 180 valence electrons. The van der Waals surface area contributed by atoms with Gasteiger partial charge in [-0.15, -0.1) is 10.2 Å². The Morgan fingerprint density at radius 2 is 1.82 bits per heavy atom. The first-order valence-electron chi connectivity index (χ1n) is 10.2. The zero-order valence-corrected chi connectivity index (χ0v) is 21.1. The lowest BCUT2D eigenvalue weighted by atomic mass is 10.2. The van der Waals surface area contributed by atoms with Crippen LogP contribution in [0.3, 0.4) is 0 Å². The van der Waals surface area contributed by atoms with Crippen LogP contribution in [0.15, 0.2) is 41.6 Å². The maximum absolute atomic E-state index is 12.6. The molecule has 0 aliphatic rings. The number of rotatable bonds is 10. The summed E-state index contributed by atoms with van der Waals surface area (Å²) in [6, 6.07) is 9.75. The summed E-state index contributed by atoms with van der Waals surface area (Å²) in [5.74, 6) is 1.11. The molecule has 0 saturated carbocycles. The zero-order valence-electron chi connectivity index (χ0n) is 18.7. The van der Waals surface area contributed by atoms with E-state index in [1.165, 1.54) is 26.0 Å². The second-order valence-electron chi connectivity index (χ2n) is 6.86. The first kappa shape index (κ1) is 25.7. The number of nitrogens with one attached hydrogen (secondary N) is 2. The van der Waals surface area contributed by atoms with E-state index in [1.807, 2.05) is 11.5 Å². The Morgan fingerprint density at radius 3 is 2.53 bits per heavy atom. The lowest BCUT2D eigenvalue weighted by molar-refractivity contribution is -0.113. The van der Waals surface area contributed by atoms with Gasteiger partial charge in [-0.1, -0.05) is 35.0 Å². The highest BCUT2D eigenvalue weighted by molar-refractivity contribution is 7.99. The summed E-state index contributed by atoms with van der Waals surface area (Å²) < 4.78 is 12.3. The SMILES string of the molecule is CCn1c(CNC(=O)c2ccc(OC)c(OC)c2)nnc1SCC(=O)Nc1cc(Cl)ccc1Cl. The number of thioether (sulfide) groups is 1. The predicted octanol–water partition coefficient (Wildman–Crippen LogP) is 4.28. The van der Waals surface area contributed by atoms with Crippen LogP contribution in [0.4, 0.5) is 5.69 Å². The molecule has 1 heterocycles. The van der Waals surface area contributed by atoms with E-state index >= 15 is 0 Å². The molecule has 12 heteroatoms. The Balaban J connectivity index is 1.60. The van der Waals surface area contributed by atoms with Crippen LogP contribution < -0.4 is 20.1 Å². The van der Waals surface area contributed by atoms with Crippen LogP contribution in [0, 0.1) is 0 Å². The van der Waals surface area contributed by atoms with Gasteiger partial charge in [-0.05, 0) is 43.3 Å². The number of nitrogens with zero attached hydrogens (tertiary/aromatic N) is 3. The molecule has 3 aromatic rings. The van der Waals surface area contributed by atoms with Crippen molar-refractivity contribution in [2.24, 2.45) is 0 Å². The van der Waals surface area contributed by atoms with Crippen LogP contribution in [-0.2, 0) is 17.9 Å². The maximum Gasteiger partial charge on any atom is 0.251 e. The smallest absolute Gasteiger partial charge is 0.251 e. The molecular formula is C22H23Cl2N5O4S. The van der Waals surface area contributed by atoms with Crippen molar-refractivity contribution in [2.75, 3.05) is 25.3 Å². The molecule has 9 nitrogen and oxygen atoms in total. The van der Waals surface area contributed by atoms with Crippen LogP contribution >= 0.6 is 35.0 Å². The van der Waals surface area contributed by atoms with E-state index in [0.29, 0.717) is 50.3 Å². The molecule has 1 aromatic heterocycles. The number of halogens is 2. The standard InChI is InChI=1S/C22H23Cl2N5O4S/c1-4-29-19(11-25-21(31)13-5-8-17(32-2)18(9-13)33-3)27-28-22(29)34-12-20(30)26-16-10-14(23)6-7-15(16)24/h5-10H,4,11-12H2,1-3H3,(H,25,31)(H,26,30).